The SMILES string of the molecule is COC(=O)c1cccc(C(=O)N2CCCC[C@@H]2CCn2ccnc2C)c1. The van der Waals surface area contributed by atoms with Crippen LogP contribution in [0.5, 0.6) is 0 Å². The van der Waals surface area contributed by atoms with Gasteiger partial charge in [0, 0.05) is 37.1 Å². The summed E-state index contributed by atoms with van der Waals surface area (Å²) in [5.74, 6) is 0.553. The van der Waals surface area contributed by atoms with Crippen LogP contribution in [0, 0.1) is 6.92 Å². The van der Waals surface area contributed by atoms with Crippen LogP contribution in [0.2, 0.25) is 0 Å². The van der Waals surface area contributed by atoms with Gasteiger partial charge in [-0.05, 0) is 50.8 Å². The normalized spacial score (nSPS) is 17.2. The van der Waals surface area contributed by atoms with Crippen molar-refractivity contribution in [3.05, 3.63) is 53.6 Å². The van der Waals surface area contributed by atoms with Gasteiger partial charge in [-0.3, -0.25) is 4.79 Å². The van der Waals surface area contributed by atoms with E-state index < -0.39 is 5.97 Å². The molecule has 0 N–H and O–H groups in total. The highest BCUT2D eigenvalue weighted by Crippen LogP contribution is 2.23. The highest BCUT2D eigenvalue weighted by molar-refractivity contribution is 5.98. The fraction of sp³-hybridized carbons (Fsp3) is 0.450. The molecule has 1 aromatic heterocycles. The van der Waals surface area contributed by atoms with Crippen LogP contribution in [-0.4, -0.2) is 46.0 Å². The van der Waals surface area contributed by atoms with Gasteiger partial charge in [-0.2, -0.15) is 0 Å². The molecule has 1 aliphatic rings. The predicted octanol–water partition coefficient (Wildman–Crippen LogP) is 3.06. The van der Waals surface area contributed by atoms with Gasteiger partial charge in [-0.25, -0.2) is 9.78 Å². The zero-order chi connectivity index (χ0) is 18.5. The number of hydrogen-bond donors (Lipinski definition) is 0. The highest BCUT2D eigenvalue weighted by Gasteiger charge is 2.27. The second-order valence-corrected chi connectivity index (χ2v) is 6.68. The third-order valence-electron chi connectivity index (χ3n) is 5.05. The molecule has 6 nitrogen and oxygen atoms in total. The van der Waals surface area contributed by atoms with Crippen LogP contribution in [0.3, 0.4) is 0 Å². The maximum Gasteiger partial charge on any atom is 0.337 e. The Labute approximate surface area is 153 Å². The van der Waals surface area contributed by atoms with Crippen molar-refractivity contribution in [2.24, 2.45) is 0 Å². The Morgan fingerprint density at radius 1 is 1.27 bits per heavy atom. The number of hydrogen-bond acceptors (Lipinski definition) is 4. The van der Waals surface area contributed by atoms with Gasteiger partial charge in [-0.15, -0.1) is 0 Å². The van der Waals surface area contributed by atoms with Crippen LogP contribution in [0.15, 0.2) is 36.7 Å². The number of aromatic nitrogens is 2. The molecule has 0 bridgehead atoms. The Morgan fingerprint density at radius 2 is 2.08 bits per heavy atom. The van der Waals surface area contributed by atoms with E-state index in [-0.39, 0.29) is 11.9 Å². The maximum atomic E-state index is 13.1. The predicted molar refractivity (Wildman–Crippen MR) is 98.0 cm³/mol. The number of esters is 1. The van der Waals surface area contributed by atoms with Crippen molar-refractivity contribution in [3.8, 4) is 0 Å². The van der Waals surface area contributed by atoms with Crippen LogP contribution < -0.4 is 0 Å². The van der Waals surface area contributed by atoms with Gasteiger partial charge in [0.15, 0.2) is 0 Å². The van der Waals surface area contributed by atoms with Crippen LogP contribution >= 0.6 is 0 Å². The number of piperidine rings is 1. The number of likely N-dealkylation sites (tertiary alicyclic amines) is 1. The molecule has 0 aliphatic carbocycles. The average molecular weight is 355 g/mol. The topological polar surface area (TPSA) is 64.4 Å². The van der Waals surface area contributed by atoms with Gasteiger partial charge in [-0.1, -0.05) is 6.07 Å². The summed E-state index contributed by atoms with van der Waals surface area (Å²) in [6.45, 7) is 3.60. The molecule has 2 heterocycles. The number of rotatable bonds is 5. The van der Waals surface area contributed by atoms with Crippen LogP contribution in [-0.2, 0) is 11.3 Å². The summed E-state index contributed by atoms with van der Waals surface area (Å²) in [6, 6.07) is 6.99. The summed E-state index contributed by atoms with van der Waals surface area (Å²) in [6.07, 6.45) is 7.85. The molecular weight excluding hydrogens is 330 g/mol. The Hall–Kier alpha value is -2.63. The minimum Gasteiger partial charge on any atom is -0.465 e. The monoisotopic (exact) mass is 355 g/mol. The third-order valence-corrected chi connectivity index (χ3v) is 5.05. The van der Waals surface area contributed by atoms with Crippen molar-refractivity contribution in [2.75, 3.05) is 13.7 Å². The number of ether oxygens (including phenoxy) is 1. The molecule has 3 rings (SSSR count). The second kappa shape index (κ2) is 8.17. The molecule has 1 aromatic carbocycles. The quantitative estimate of drug-likeness (QED) is 0.773. The van der Waals surface area contributed by atoms with Crippen molar-refractivity contribution in [3.63, 3.8) is 0 Å². The number of amides is 1. The Balaban J connectivity index is 1.73. The van der Waals surface area contributed by atoms with E-state index in [4.69, 9.17) is 4.74 Å². The number of carbonyl (C=O) groups excluding carboxylic acids is 2. The lowest BCUT2D eigenvalue weighted by atomic mass is 9.97. The lowest BCUT2D eigenvalue weighted by Crippen LogP contribution is -2.44. The van der Waals surface area contributed by atoms with Crippen LogP contribution in [0.25, 0.3) is 0 Å². The van der Waals surface area contributed by atoms with Gasteiger partial charge >= 0.3 is 5.97 Å². The smallest absolute Gasteiger partial charge is 0.337 e. The van der Waals surface area contributed by atoms with Crippen molar-refractivity contribution in [2.45, 2.75) is 45.2 Å². The Morgan fingerprint density at radius 3 is 2.81 bits per heavy atom. The first-order chi connectivity index (χ1) is 12.6. The number of nitrogens with zero attached hydrogens (tertiary/aromatic N) is 3. The van der Waals surface area contributed by atoms with Crippen molar-refractivity contribution < 1.29 is 14.3 Å². The van der Waals surface area contributed by atoms with E-state index in [2.05, 4.69) is 9.55 Å². The molecule has 0 spiro atoms. The number of imidazole rings is 1. The molecule has 6 heteroatoms. The van der Waals surface area contributed by atoms with Crippen LogP contribution in [0.1, 0.15) is 52.2 Å². The van der Waals surface area contributed by atoms with E-state index in [1.807, 2.05) is 18.0 Å². The second-order valence-electron chi connectivity index (χ2n) is 6.68. The molecule has 26 heavy (non-hydrogen) atoms. The fourth-order valence-electron chi connectivity index (χ4n) is 3.56. The first-order valence-electron chi connectivity index (χ1n) is 9.07. The minimum atomic E-state index is -0.426. The Bertz CT molecular complexity index is 784. The van der Waals surface area contributed by atoms with E-state index in [0.717, 1.165) is 44.6 Å². The molecule has 0 saturated carbocycles. The van der Waals surface area contributed by atoms with E-state index in [1.165, 1.54) is 7.11 Å². The number of carbonyl (C=O) groups is 2. The molecule has 138 valence electrons. The van der Waals surface area contributed by atoms with Crippen molar-refractivity contribution in [1.29, 1.82) is 0 Å². The Kier molecular flexibility index (Phi) is 5.71. The van der Waals surface area contributed by atoms with E-state index in [0.29, 0.717) is 11.1 Å². The lowest BCUT2D eigenvalue weighted by molar-refractivity contribution is 0.0594. The first kappa shape index (κ1) is 18.2. The van der Waals surface area contributed by atoms with Crippen LogP contribution in [0.4, 0.5) is 0 Å². The molecule has 1 amide bonds. The van der Waals surface area contributed by atoms with Gasteiger partial charge in [0.05, 0.1) is 12.7 Å². The lowest BCUT2D eigenvalue weighted by Gasteiger charge is -2.36. The number of aryl methyl sites for hydroxylation is 2. The van der Waals surface area contributed by atoms with Gasteiger partial charge in [0.2, 0.25) is 0 Å². The minimum absolute atomic E-state index is 0.0113. The van der Waals surface area contributed by atoms with E-state index >= 15 is 0 Å². The van der Waals surface area contributed by atoms with E-state index in [1.54, 1.807) is 30.5 Å². The van der Waals surface area contributed by atoms with Gasteiger partial charge in [0.25, 0.3) is 5.91 Å². The summed E-state index contributed by atoms with van der Waals surface area (Å²) in [5.41, 5.74) is 0.944. The zero-order valence-corrected chi connectivity index (χ0v) is 15.4. The fourth-order valence-corrected chi connectivity index (χ4v) is 3.56. The van der Waals surface area contributed by atoms with Crippen molar-refractivity contribution in [1.82, 2.24) is 14.5 Å². The average Bonchev–Trinajstić information content (AvgIpc) is 3.10. The molecule has 2 aromatic rings. The maximum absolute atomic E-state index is 13.1. The highest BCUT2D eigenvalue weighted by atomic mass is 16.5. The summed E-state index contributed by atoms with van der Waals surface area (Å²) in [7, 11) is 1.34. The molecular formula is C20H25N3O3. The standard InChI is InChI=1S/C20H25N3O3/c1-15-21-10-13-22(15)12-9-18-8-3-4-11-23(18)19(24)16-6-5-7-17(14-16)20(25)26-2/h5-7,10,13-14,18H,3-4,8-9,11-12H2,1-2H3/t18-/m1/s1. The summed E-state index contributed by atoms with van der Waals surface area (Å²) >= 11 is 0. The van der Waals surface area contributed by atoms with Gasteiger partial charge < -0.3 is 14.2 Å². The molecule has 0 unspecified atom stereocenters. The first-order valence-corrected chi connectivity index (χ1v) is 9.07. The zero-order valence-electron chi connectivity index (χ0n) is 15.4. The van der Waals surface area contributed by atoms with Gasteiger partial charge in [0.1, 0.15) is 5.82 Å². The van der Waals surface area contributed by atoms with E-state index in [9.17, 15) is 9.59 Å². The number of methoxy groups -OCH3 is 1. The third kappa shape index (κ3) is 3.95. The molecule has 1 aliphatic heterocycles. The number of benzene rings is 1. The summed E-state index contributed by atoms with van der Waals surface area (Å²) < 4.78 is 6.88. The molecule has 1 fully saturated rings. The van der Waals surface area contributed by atoms with Crippen molar-refractivity contribution >= 4 is 11.9 Å². The summed E-state index contributed by atoms with van der Waals surface area (Å²) in [4.78, 5) is 31.0. The molecule has 0 radical (unpaired) electrons. The largest absolute Gasteiger partial charge is 0.465 e. The molecule has 1 saturated heterocycles. The summed E-state index contributed by atoms with van der Waals surface area (Å²) in [5, 5.41) is 0. The molecule has 1 atom stereocenters.